The van der Waals surface area contributed by atoms with Crippen molar-refractivity contribution >= 4 is 11.8 Å². The molecule has 6 nitrogen and oxygen atoms in total. The van der Waals surface area contributed by atoms with E-state index in [1.165, 1.54) is 12.1 Å². The molecule has 2 amide bonds. The first kappa shape index (κ1) is 24.8. The Hall–Kier alpha value is -2.43. The third-order valence-corrected chi connectivity index (χ3v) is 5.55. The molecule has 5 N–H and O–H groups in total. The number of benzene rings is 1. The number of nitrogens with two attached hydrogens (primary N) is 2. The van der Waals surface area contributed by atoms with E-state index in [2.05, 4.69) is 4.74 Å². The number of hydrogen-bond donors (Lipinski definition) is 3. The molecule has 1 aliphatic carbocycles. The maximum absolute atomic E-state index is 13.4. The van der Waals surface area contributed by atoms with Gasteiger partial charge in [0.1, 0.15) is 5.75 Å². The Morgan fingerprint density at radius 1 is 1.19 bits per heavy atom. The molecule has 1 aliphatic rings. The van der Waals surface area contributed by atoms with Crippen molar-refractivity contribution in [3.05, 3.63) is 29.3 Å². The number of hydrogen-bond acceptors (Lipinski definition) is 4. The maximum atomic E-state index is 13.4. The van der Waals surface area contributed by atoms with E-state index in [9.17, 15) is 36.6 Å². The third-order valence-electron chi connectivity index (χ3n) is 5.55. The molecule has 0 aromatic heterocycles. The number of halogens is 5. The van der Waals surface area contributed by atoms with Crippen LogP contribution in [0.1, 0.15) is 54.4 Å². The van der Waals surface area contributed by atoms with E-state index in [0.717, 1.165) is 6.07 Å². The zero-order valence-corrected chi connectivity index (χ0v) is 16.6. The number of alkyl halides is 5. The SMILES string of the molecule is NC(=O)c1c(CCC(O)CC(C(N)=O)C2CCC(F)(F)CC2)cccc1OC(F)(F)F. The van der Waals surface area contributed by atoms with Crippen LogP contribution in [0.4, 0.5) is 22.0 Å². The van der Waals surface area contributed by atoms with Gasteiger partial charge >= 0.3 is 6.36 Å². The average molecular weight is 452 g/mol. The molecular formula is C20H25F5N2O4. The van der Waals surface area contributed by atoms with Crippen molar-refractivity contribution in [2.75, 3.05) is 0 Å². The van der Waals surface area contributed by atoms with Crippen LogP contribution in [0.2, 0.25) is 0 Å². The predicted octanol–water partition coefficient (Wildman–Crippen LogP) is 3.29. The van der Waals surface area contributed by atoms with Crippen LogP contribution in [-0.2, 0) is 11.2 Å². The number of aliphatic hydroxyl groups is 1. The molecule has 1 saturated carbocycles. The molecule has 0 aliphatic heterocycles. The number of ether oxygens (including phenoxy) is 1. The molecule has 31 heavy (non-hydrogen) atoms. The fourth-order valence-corrected chi connectivity index (χ4v) is 4.01. The summed E-state index contributed by atoms with van der Waals surface area (Å²) in [6.07, 6.45) is -6.72. The molecule has 0 spiro atoms. The van der Waals surface area contributed by atoms with Gasteiger partial charge in [0.2, 0.25) is 11.8 Å². The second kappa shape index (κ2) is 9.80. The van der Waals surface area contributed by atoms with Crippen molar-refractivity contribution in [2.45, 2.75) is 63.3 Å². The Bertz CT molecular complexity index is 790. The summed E-state index contributed by atoms with van der Waals surface area (Å²) in [6, 6.07) is 3.59. The molecule has 1 aromatic rings. The molecule has 1 aromatic carbocycles. The molecular weight excluding hydrogens is 427 g/mol. The molecule has 2 atom stereocenters. The molecule has 2 unspecified atom stereocenters. The van der Waals surface area contributed by atoms with E-state index in [4.69, 9.17) is 11.5 Å². The minimum atomic E-state index is -5.02. The summed E-state index contributed by atoms with van der Waals surface area (Å²) in [6.45, 7) is 0. The number of carbonyl (C=O) groups is 2. The summed E-state index contributed by atoms with van der Waals surface area (Å²) < 4.78 is 68.3. The molecule has 174 valence electrons. The van der Waals surface area contributed by atoms with Gasteiger partial charge in [-0.15, -0.1) is 13.2 Å². The third kappa shape index (κ3) is 7.34. The van der Waals surface area contributed by atoms with Crippen LogP contribution in [0.15, 0.2) is 18.2 Å². The highest BCUT2D eigenvalue weighted by Gasteiger charge is 2.39. The Morgan fingerprint density at radius 3 is 2.32 bits per heavy atom. The fourth-order valence-electron chi connectivity index (χ4n) is 4.01. The number of amides is 2. The van der Waals surface area contributed by atoms with Gasteiger partial charge in [-0.25, -0.2) is 8.78 Å². The van der Waals surface area contributed by atoms with Gasteiger partial charge in [-0.3, -0.25) is 9.59 Å². The van der Waals surface area contributed by atoms with Crippen LogP contribution in [-0.4, -0.2) is 35.3 Å². The summed E-state index contributed by atoms with van der Waals surface area (Å²) in [4.78, 5) is 23.5. The normalized spacial score (nSPS) is 18.9. The average Bonchev–Trinajstić information content (AvgIpc) is 2.63. The highest BCUT2D eigenvalue weighted by molar-refractivity contribution is 5.97. The van der Waals surface area contributed by atoms with Gasteiger partial charge in [-0.2, -0.15) is 0 Å². The number of primary amides is 2. The number of aryl methyl sites for hydroxylation is 1. The quantitative estimate of drug-likeness (QED) is 0.499. The number of carbonyl (C=O) groups excluding carboxylic acids is 2. The van der Waals surface area contributed by atoms with Crippen molar-refractivity contribution in [3.63, 3.8) is 0 Å². The lowest BCUT2D eigenvalue weighted by atomic mass is 9.75. The number of rotatable bonds is 9. The van der Waals surface area contributed by atoms with Gasteiger partial charge in [0.05, 0.1) is 11.7 Å². The van der Waals surface area contributed by atoms with Crippen molar-refractivity contribution in [1.82, 2.24) is 0 Å². The molecule has 0 bridgehead atoms. The van der Waals surface area contributed by atoms with Gasteiger partial charge in [-0.1, -0.05) is 12.1 Å². The molecule has 0 heterocycles. The van der Waals surface area contributed by atoms with Crippen molar-refractivity contribution in [1.29, 1.82) is 0 Å². The summed E-state index contributed by atoms with van der Waals surface area (Å²) in [7, 11) is 0. The Balaban J connectivity index is 2.06. The summed E-state index contributed by atoms with van der Waals surface area (Å²) in [5.41, 5.74) is 10.3. The smallest absolute Gasteiger partial charge is 0.405 e. The van der Waals surface area contributed by atoms with E-state index in [0.29, 0.717) is 0 Å². The Kier molecular flexibility index (Phi) is 7.85. The lowest BCUT2D eigenvalue weighted by Crippen LogP contribution is -2.37. The minimum absolute atomic E-state index is 0.0115. The zero-order chi connectivity index (χ0) is 23.4. The second-order valence-corrected chi connectivity index (χ2v) is 7.83. The van der Waals surface area contributed by atoms with Crippen LogP contribution in [0, 0.1) is 11.8 Å². The van der Waals surface area contributed by atoms with Gasteiger partial charge in [0, 0.05) is 18.8 Å². The largest absolute Gasteiger partial charge is 0.573 e. The molecule has 0 saturated heterocycles. The lowest BCUT2D eigenvalue weighted by molar-refractivity contribution is -0.274. The standard InChI is InChI=1S/C20H25F5N2O4/c21-19(22)8-6-11(7-9-19)14(17(26)29)10-13(28)5-4-12-2-1-3-15(16(12)18(27)30)31-20(23,24)25/h1-3,11,13-14,28H,4-10H2,(H2,26,29)(H2,27,30). The van der Waals surface area contributed by atoms with E-state index >= 15 is 0 Å². The highest BCUT2D eigenvalue weighted by atomic mass is 19.4. The minimum Gasteiger partial charge on any atom is -0.405 e. The zero-order valence-electron chi connectivity index (χ0n) is 16.6. The Morgan fingerprint density at radius 2 is 1.81 bits per heavy atom. The molecule has 2 rings (SSSR count). The Labute approximate surface area is 175 Å². The van der Waals surface area contributed by atoms with Crippen molar-refractivity contribution < 1.29 is 41.4 Å². The summed E-state index contributed by atoms with van der Waals surface area (Å²) in [5, 5.41) is 10.4. The topological polar surface area (TPSA) is 116 Å². The van der Waals surface area contributed by atoms with Crippen molar-refractivity contribution in [3.8, 4) is 5.75 Å². The van der Waals surface area contributed by atoms with Crippen LogP contribution in [0.3, 0.4) is 0 Å². The van der Waals surface area contributed by atoms with Crippen LogP contribution >= 0.6 is 0 Å². The fraction of sp³-hybridized carbons (Fsp3) is 0.600. The first-order valence-electron chi connectivity index (χ1n) is 9.81. The van der Waals surface area contributed by atoms with E-state index in [-0.39, 0.29) is 56.4 Å². The van der Waals surface area contributed by atoms with Crippen LogP contribution in [0.25, 0.3) is 0 Å². The molecule has 0 radical (unpaired) electrons. The first-order valence-corrected chi connectivity index (χ1v) is 9.81. The molecule has 11 heteroatoms. The van der Waals surface area contributed by atoms with E-state index in [1.54, 1.807) is 0 Å². The van der Waals surface area contributed by atoms with Crippen LogP contribution < -0.4 is 16.2 Å². The monoisotopic (exact) mass is 452 g/mol. The summed E-state index contributed by atoms with van der Waals surface area (Å²) in [5.74, 6) is -6.52. The first-order chi connectivity index (χ1) is 14.3. The van der Waals surface area contributed by atoms with E-state index < -0.39 is 47.4 Å². The van der Waals surface area contributed by atoms with Gasteiger partial charge in [0.25, 0.3) is 5.91 Å². The van der Waals surface area contributed by atoms with Crippen LogP contribution in [0.5, 0.6) is 5.75 Å². The van der Waals surface area contributed by atoms with Gasteiger partial charge in [-0.05, 0) is 49.7 Å². The maximum Gasteiger partial charge on any atom is 0.573 e. The lowest BCUT2D eigenvalue weighted by Gasteiger charge is -2.33. The second-order valence-electron chi connectivity index (χ2n) is 7.83. The predicted molar refractivity (Wildman–Crippen MR) is 100 cm³/mol. The van der Waals surface area contributed by atoms with Gasteiger partial charge in [0.15, 0.2) is 0 Å². The van der Waals surface area contributed by atoms with Crippen molar-refractivity contribution in [2.24, 2.45) is 23.3 Å². The van der Waals surface area contributed by atoms with E-state index in [1.807, 2.05) is 0 Å². The molecule has 1 fully saturated rings. The number of aliphatic hydroxyl groups excluding tert-OH is 1. The van der Waals surface area contributed by atoms with Gasteiger partial charge < -0.3 is 21.3 Å². The highest BCUT2D eigenvalue weighted by Crippen LogP contribution is 2.40. The summed E-state index contributed by atoms with van der Waals surface area (Å²) >= 11 is 0.